The van der Waals surface area contributed by atoms with Crippen molar-refractivity contribution in [1.82, 2.24) is 4.90 Å². The molecule has 0 saturated carbocycles. The van der Waals surface area contributed by atoms with E-state index < -0.39 is 27.7 Å². The van der Waals surface area contributed by atoms with E-state index in [9.17, 15) is 14.7 Å². The molecule has 3 aliphatic heterocycles. The molecule has 6 atom stereocenters. The molecule has 0 aromatic heterocycles. The Labute approximate surface area is 149 Å². The minimum Gasteiger partial charge on any atom is -0.477 e. The van der Waals surface area contributed by atoms with Crippen LogP contribution in [0.2, 0.25) is 0 Å². The Hall–Kier alpha value is -1.79. The normalized spacial score (nSPS) is 38.7. The van der Waals surface area contributed by atoms with Gasteiger partial charge in [-0.2, -0.15) is 10.3 Å². The van der Waals surface area contributed by atoms with Crippen LogP contribution in [0.5, 0.6) is 0 Å². The Morgan fingerprint density at radius 1 is 1.56 bits per heavy atom. The molecule has 0 radical (unpaired) electrons. The number of carboxylic acids is 1. The molecule has 138 valence electrons. The molecule has 0 aromatic carbocycles. The Morgan fingerprint density at radius 2 is 2.24 bits per heavy atom. The Kier molecular flexibility index (Phi) is 4.45. The zero-order chi connectivity index (χ0) is 18.5. The highest BCUT2D eigenvalue weighted by Gasteiger charge is 2.56. The molecular weight excluding hydrogens is 342 g/mol. The van der Waals surface area contributed by atoms with Gasteiger partial charge in [0.15, 0.2) is 0 Å². The molecule has 3 aliphatic rings. The summed E-state index contributed by atoms with van der Waals surface area (Å²) in [6.07, 6.45) is 1.09. The summed E-state index contributed by atoms with van der Waals surface area (Å²) in [5, 5.41) is 17.2. The van der Waals surface area contributed by atoms with Crippen LogP contribution < -0.4 is 0 Å². The summed E-state index contributed by atoms with van der Waals surface area (Å²) >= 11 is 0. The van der Waals surface area contributed by atoms with Crippen LogP contribution >= 0.6 is 10.3 Å². The van der Waals surface area contributed by atoms with Crippen LogP contribution in [0.15, 0.2) is 4.99 Å². The molecule has 2 unspecified atom stereocenters. The van der Waals surface area contributed by atoms with Gasteiger partial charge >= 0.3 is 11.9 Å². The van der Waals surface area contributed by atoms with Crippen LogP contribution in [0, 0.1) is 17.0 Å². The second-order valence-corrected chi connectivity index (χ2v) is 9.67. The topological polar surface area (TPSA) is 103 Å². The zero-order valence-electron chi connectivity index (χ0n) is 14.7. The van der Waals surface area contributed by atoms with Crippen molar-refractivity contribution in [3.8, 4) is 5.69 Å². The van der Waals surface area contributed by atoms with Gasteiger partial charge in [-0.3, -0.25) is 15.2 Å². The third-order valence-electron chi connectivity index (χ3n) is 5.63. The molecule has 3 heterocycles. The molecule has 0 amide bonds. The lowest BCUT2D eigenvalue weighted by molar-refractivity contribution is -0.188. The number of ether oxygens (including phenoxy) is 1. The molecule has 3 rings (SSSR count). The van der Waals surface area contributed by atoms with Crippen molar-refractivity contribution in [2.24, 2.45) is 10.9 Å². The molecule has 8 heteroatoms. The standard InChI is InChI=1S/C17H25N3O4S/c1-9-13(16(23)24-9)17(3)7-12(14(19-17)15(21)22)25(4)11-5-6-20(8-11)10(2)18/h4,9,11-13,18,25H,5-8H2,1-3H3,(H,21,22)/t9-,11+,12?,13+,17-/m1/s1. The molecule has 2 fully saturated rings. The molecule has 25 heavy (non-hydrogen) atoms. The number of carbonyl (C=O) groups is 2. The quantitative estimate of drug-likeness (QED) is 0.295. The van der Waals surface area contributed by atoms with Crippen LogP contribution in [0.4, 0.5) is 0 Å². The minimum atomic E-state index is -1.10. The Morgan fingerprint density at radius 3 is 2.72 bits per heavy atom. The molecule has 0 aliphatic carbocycles. The molecule has 2 saturated heterocycles. The second kappa shape index (κ2) is 6.18. The van der Waals surface area contributed by atoms with Crippen LogP contribution in [0.3, 0.4) is 0 Å². The van der Waals surface area contributed by atoms with E-state index in [4.69, 9.17) is 15.8 Å². The van der Waals surface area contributed by atoms with Gasteiger partial charge in [0, 0.05) is 23.6 Å². The van der Waals surface area contributed by atoms with E-state index in [0.29, 0.717) is 18.8 Å². The van der Waals surface area contributed by atoms with Gasteiger partial charge in [0.1, 0.15) is 17.7 Å². The fourth-order valence-electron chi connectivity index (χ4n) is 4.26. The number of carbonyl (C=O) groups excluding carboxylic acids is 1. The molecule has 0 bridgehead atoms. The molecule has 0 spiro atoms. The van der Waals surface area contributed by atoms with Crippen LogP contribution in [-0.4, -0.2) is 68.7 Å². The molecular formula is C17H25N3O4S. The SMILES string of the molecule is C#[SH](C1C[C@](C)([C@@H]2C(=O)O[C@@H]2C)N=C1C(=O)O)[C@H]1CCN(C(C)=N)C1. The number of aliphatic imine (C=N–C) groups is 1. The largest absolute Gasteiger partial charge is 0.477 e. The lowest BCUT2D eigenvalue weighted by Crippen LogP contribution is -2.54. The number of esters is 1. The van der Waals surface area contributed by atoms with Gasteiger partial charge < -0.3 is 14.7 Å². The highest BCUT2D eigenvalue weighted by atomic mass is 32.2. The Balaban J connectivity index is 1.81. The number of rotatable bonds is 2. The number of likely N-dealkylation sites (tertiary alicyclic amines) is 1. The van der Waals surface area contributed by atoms with Crippen molar-refractivity contribution < 1.29 is 19.4 Å². The zero-order valence-corrected chi connectivity index (χ0v) is 15.6. The summed E-state index contributed by atoms with van der Waals surface area (Å²) < 4.78 is 5.05. The number of hydrogen-bond donors (Lipinski definition) is 3. The Bertz CT molecular complexity index is 740. The van der Waals surface area contributed by atoms with Crippen LogP contribution in [0.1, 0.15) is 33.6 Å². The predicted octanol–water partition coefficient (Wildman–Crippen LogP) is 1.27. The number of nitrogens with zero attached hydrogens (tertiary/aromatic N) is 2. The number of thiol groups is 1. The van der Waals surface area contributed by atoms with Gasteiger partial charge in [0.2, 0.25) is 0 Å². The summed E-state index contributed by atoms with van der Waals surface area (Å²) in [5.41, 5.74) is 5.88. The molecule has 0 aromatic rings. The van der Waals surface area contributed by atoms with E-state index in [1.54, 1.807) is 6.92 Å². The van der Waals surface area contributed by atoms with E-state index in [1.165, 1.54) is 0 Å². The second-order valence-electron chi connectivity index (χ2n) is 7.42. The van der Waals surface area contributed by atoms with Crippen LogP contribution in [-0.2, 0) is 14.3 Å². The minimum absolute atomic E-state index is 0.105. The number of aliphatic carboxylic acids is 1. The van der Waals surface area contributed by atoms with Gasteiger partial charge in [-0.05, 0) is 33.6 Å². The lowest BCUT2D eigenvalue weighted by atomic mass is 9.77. The first-order chi connectivity index (χ1) is 11.6. The van der Waals surface area contributed by atoms with Crippen molar-refractivity contribution in [1.29, 1.82) is 5.41 Å². The summed E-state index contributed by atoms with van der Waals surface area (Å²) in [6.45, 7) is 6.88. The lowest BCUT2D eigenvalue weighted by Gasteiger charge is -2.41. The third-order valence-corrected chi connectivity index (χ3v) is 8.04. The van der Waals surface area contributed by atoms with Crippen LogP contribution in [0.25, 0.3) is 0 Å². The summed E-state index contributed by atoms with van der Waals surface area (Å²) in [4.78, 5) is 30.1. The van der Waals surface area contributed by atoms with Crippen molar-refractivity contribution in [3.63, 3.8) is 0 Å². The van der Waals surface area contributed by atoms with Gasteiger partial charge in [-0.25, -0.2) is 4.79 Å². The summed E-state index contributed by atoms with van der Waals surface area (Å²) in [6, 6.07) is 0. The van der Waals surface area contributed by atoms with Gasteiger partial charge in [-0.1, -0.05) is 0 Å². The number of cyclic esters (lactones) is 1. The number of carboxylic acid groups (broad SMARTS) is 1. The smallest absolute Gasteiger partial charge is 0.350 e. The first-order valence-corrected chi connectivity index (χ1v) is 10.1. The van der Waals surface area contributed by atoms with Gasteiger partial charge in [0.05, 0.1) is 11.4 Å². The maximum absolute atomic E-state index is 11.9. The maximum atomic E-state index is 11.9. The van der Waals surface area contributed by atoms with Gasteiger partial charge in [0.25, 0.3) is 0 Å². The van der Waals surface area contributed by atoms with E-state index >= 15 is 0 Å². The average molecular weight is 367 g/mol. The maximum Gasteiger partial charge on any atom is 0.350 e. The summed E-state index contributed by atoms with van der Waals surface area (Å²) in [7, 11) is -1.10. The monoisotopic (exact) mass is 367 g/mol. The van der Waals surface area contributed by atoms with Gasteiger partial charge in [-0.15, -0.1) is 5.69 Å². The predicted molar refractivity (Wildman–Crippen MR) is 98.2 cm³/mol. The van der Waals surface area contributed by atoms with Crippen molar-refractivity contribution in [2.75, 3.05) is 13.1 Å². The first kappa shape index (κ1) is 18.0. The third kappa shape index (κ3) is 2.98. The number of amidine groups is 1. The number of nitrogens with one attached hydrogen (secondary N) is 1. The van der Waals surface area contributed by atoms with Crippen molar-refractivity contribution in [3.05, 3.63) is 0 Å². The van der Waals surface area contributed by atoms with E-state index in [-0.39, 0.29) is 28.3 Å². The fourth-order valence-corrected chi connectivity index (χ4v) is 6.60. The first-order valence-electron chi connectivity index (χ1n) is 8.50. The van der Waals surface area contributed by atoms with E-state index in [2.05, 4.69) is 4.99 Å². The highest BCUT2D eigenvalue weighted by molar-refractivity contribution is 8.08. The molecule has 7 nitrogen and oxygen atoms in total. The van der Waals surface area contributed by atoms with E-state index in [1.807, 2.05) is 18.7 Å². The number of hydrogen-bond acceptors (Lipinski definition) is 5. The average Bonchev–Trinajstić information content (AvgIpc) is 3.11. The fraction of sp³-hybridized carbons (Fsp3) is 0.706. The molecule has 2 N–H and O–H groups in total. The van der Waals surface area contributed by atoms with Crippen molar-refractivity contribution >= 4 is 33.8 Å². The highest BCUT2D eigenvalue weighted by Crippen LogP contribution is 2.46. The van der Waals surface area contributed by atoms with Crippen molar-refractivity contribution in [2.45, 2.75) is 55.8 Å². The summed E-state index contributed by atoms with van der Waals surface area (Å²) in [5.74, 6) is -1.25. The van der Waals surface area contributed by atoms with E-state index in [0.717, 1.165) is 13.0 Å².